The van der Waals surface area contributed by atoms with E-state index in [1.165, 1.54) is 18.9 Å². The molecule has 0 spiro atoms. The molecule has 1 aliphatic rings. The highest BCUT2D eigenvalue weighted by Crippen LogP contribution is 2.30. The van der Waals surface area contributed by atoms with Crippen LogP contribution in [0.2, 0.25) is 0 Å². The largest absolute Gasteiger partial charge is 0.495 e. The molecule has 4 rings (SSSR count). The maximum Gasteiger partial charge on any atom is 0.244 e. The van der Waals surface area contributed by atoms with E-state index in [2.05, 4.69) is 26.9 Å². The molecule has 2 aromatic carbocycles. The third-order valence-electron chi connectivity index (χ3n) is 5.33. The molecule has 0 aliphatic carbocycles. The Morgan fingerprint density at radius 1 is 1.13 bits per heavy atom. The van der Waals surface area contributed by atoms with E-state index < -0.39 is 10.0 Å². The van der Waals surface area contributed by atoms with Gasteiger partial charge in [-0.25, -0.2) is 13.1 Å². The Morgan fingerprint density at radius 2 is 1.90 bits per heavy atom. The Labute approximate surface area is 176 Å². The molecule has 1 saturated heterocycles. The van der Waals surface area contributed by atoms with Crippen molar-refractivity contribution in [3.05, 3.63) is 66.4 Å². The number of ether oxygens (including phenoxy) is 1. The second-order valence-corrected chi connectivity index (χ2v) is 9.08. The number of hydrogen-bond acceptors (Lipinski definition) is 6. The number of benzene rings is 2. The zero-order chi connectivity index (χ0) is 21.0. The highest BCUT2D eigenvalue weighted by Gasteiger charge is 2.27. The topological polar surface area (TPSA) is 84.7 Å². The van der Waals surface area contributed by atoms with Gasteiger partial charge in [0.25, 0.3) is 0 Å². The number of piperidine rings is 1. The van der Waals surface area contributed by atoms with Gasteiger partial charge >= 0.3 is 0 Å². The molecule has 0 unspecified atom stereocenters. The molecule has 0 atom stereocenters. The summed E-state index contributed by atoms with van der Waals surface area (Å²) in [6.45, 7) is 2.59. The van der Waals surface area contributed by atoms with E-state index in [4.69, 9.17) is 9.26 Å². The summed E-state index contributed by atoms with van der Waals surface area (Å²) in [7, 11) is -2.25. The summed E-state index contributed by atoms with van der Waals surface area (Å²) in [6, 6.07) is 16.8. The minimum atomic E-state index is -3.70. The number of sulfonamides is 1. The lowest BCUT2D eigenvalue weighted by molar-refractivity contribution is 0.200. The molecule has 2 heterocycles. The molecule has 0 bridgehead atoms. The predicted molar refractivity (Wildman–Crippen MR) is 114 cm³/mol. The summed E-state index contributed by atoms with van der Waals surface area (Å²) in [6.07, 6.45) is 3.08. The van der Waals surface area contributed by atoms with E-state index in [1.807, 2.05) is 18.2 Å². The number of nitrogens with one attached hydrogen (secondary N) is 1. The van der Waals surface area contributed by atoms with E-state index >= 15 is 0 Å². The van der Waals surface area contributed by atoms with Gasteiger partial charge in [0.2, 0.25) is 10.0 Å². The number of aromatic nitrogens is 1. The third-order valence-corrected chi connectivity index (χ3v) is 6.89. The maximum atomic E-state index is 13.0. The normalized spacial score (nSPS) is 15.9. The SMILES string of the molecule is COc1cc(-c2ccno2)ccc1S(=O)(=O)NC1CCN(Cc2ccccc2)CC1. The fourth-order valence-corrected chi connectivity index (χ4v) is 5.20. The van der Waals surface area contributed by atoms with Gasteiger partial charge in [0.05, 0.1) is 13.3 Å². The van der Waals surface area contributed by atoms with Crippen LogP contribution in [-0.4, -0.2) is 44.7 Å². The summed E-state index contributed by atoms with van der Waals surface area (Å²) in [5, 5.41) is 3.68. The highest BCUT2D eigenvalue weighted by molar-refractivity contribution is 7.89. The summed E-state index contributed by atoms with van der Waals surface area (Å²) >= 11 is 0. The summed E-state index contributed by atoms with van der Waals surface area (Å²) in [5.74, 6) is 0.828. The van der Waals surface area contributed by atoms with Gasteiger partial charge in [0, 0.05) is 37.3 Å². The molecule has 0 saturated carbocycles. The summed E-state index contributed by atoms with van der Waals surface area (Å²) in [5.41, 5.74) is 1.98. The first-order chi connectivity index (χ1) is 14.5. The fourth-order valence-electron chi connectivity index (χ4n) is 3.74. The van der Waals surface area contributed by atoms with Gasteiger partial charge in [-0.15, -0.1) is 0 Å². The first kappa shape index (κ1) is 20.6. The molecule has 1 aromatic heterocycles. The zero-order valence-corrected chi connectivity index (χ0v) is 17.6. The summed E-state index contributed by atoms with van der Waals surface area (Å²) in [4.78, 5) is 2.48. The maximum absolute atomic E-state index is 13.0. The summed E-state index contributed by atoms with van der Waals surface area (Å²) < 4.78 is 39.4. The molecule has 1 aliphatic heterocycles. The number of hydrogen-bond donors (Lipinski definition) is 1. The van der Waals surface area contributed by atoms with Crippen LogP contribution in [0.25, 0.3) is 11.3 Å². The Bertz CT molecular complexity index is 1060. The molecule has 1 N–H and O–H groups in total. The molecule has 7 nitrogen and oxygen atoms in total. The van der Waals surface area contributed by atoms with Gasteiger partial charge in [-0.1, -0.05) is 35.5 Å². The molecule has 158 valence electrons. The van der Waals surface area contributed by atoms with E-state index in [1.54, 1.807) is 24.3 Å². The van der Waals surface area contributed by atoms with E-state index in [9.17, 15) is 8.42 Å². The van der Waals surface area contributed by atoms with Gasteiger partial charge in [-0.05, 0) is 36.6 Å². The average molecular weight is 428 g/mol. The minimum absolute atomic E-state index is 0.0966. The first-order valence-corrected chi connectivity index (χ1v) is 11.4. The fraction of sp³-hybridized carbons (Fsp3) is 0.318. The average Bonchev–Trinajstić information content (AvgIpc) is 3.30. The second-order valence-electron chi connectivity index (χ2n) is 7.40. The van der Waals surface area contributed by atoms with Crippen molar-refractivity contribution in [1.82, 2.24) is 14.8 Å². The second kappa shape index (κ2) is 8.99. The van der Waals surface area contributed by atoms with Crippen molar-refractivity contribution in [3.63, 3.8) is 0 Å². The van der Waals surface area contributed by atoms with Gasteiger partial charge < -0.3 is 9.26 Å². The van der Waals surface area contributed by atoms with Crippen molar-refractivity contribution in [2.24, 2.45) is 0 Å². The molecular formula is C22H25N3O4S. The molecule has 30 heavy (non-hydrogen) atoms. The third kappa shape index (κ3) is 4.72. The van der Waals surface area contributed by atoms with Crippen LogP contribution in [0.1, 0.15) is 18.4 Å². The first-order valence-electron chi connectivity index (χ1n) is 9.93. The van der Waals surface area contributed by atoms with Gasteiger partial charge in [0.1, 0.15) is 10.6 Å². The molecular weight excluding hydrogens is 402 g/mol. The zero-order valence-electron chi connectivity index (χ0n) is 16.8. The highest BCUT2D eigenvalue weighted by atomic mass is 32.2. The van der Waals surface area contributed by atoms with Gasteiger partial charge in [0.15, 0.2) is 5.76 Å². The molecule has 1 fully saturated rings. The number of likely N-dealkylation sites (tertiary alicyclic amines) is 1. The van der Waals surface area contributed by atoms with E-state index in [-0.39, 0.29) is 16.7 Å². The van der Waals surface area contributed by atoms with Crippen molar-refractivity contribution in [1.29, 1.82) is 0 Å². The van der Waals surface area contributed by atoms with Crippen LogP contribution in [0, 0.1) is 0 Å². The van der Waals surface area contributed by atoms with Crippen molar-refractivity contribution in [2.75, 3.05) is 20.2 Å². The molecule has 0 amide bonds. The van der Waals surface area contributed by atoms with Crippen molar-refractivity contribution in [3.8, 4) is 17.1 Å². The van der Waals surface area contributed by atoms with E-state index in [0.717, 1.165) is 32.5 Å². The molecule has 0 radical (unpaired) electrons. The van der Waals surface area contributed by atoms with Crippen LogP contribution in [-0.2, 0) is 16.6 Å². The standard InChI is InChI=1S/C22H25N3O4S/c1-28-21-15-18(20-9-12-23-29-20)7-8-22(21)30(26,27)24-19-10-13-25(14-11-19)16-17-5-3-2-4-6-17/h2-9,12,15,19,24H,10-11,13-14,16H2,1H3. The van der Waals surface area contributed by atoms with Crippen LogP contribution >= 0.6 is 0 Å². The molecule has 8 heteroatoms. The quantitative estimate of drug-likeness (QED) is 0.623. The van der Waals surface area contributed by atoms with E-state index in [0.29, 0.717) is 11.3 Å². The Morgan fingerprint density at radius 3 is 2.57 bits per heavy atom. The Hall–Kier alpha value is -2.68. The van der Waals surface area contributed by atoms with Crippen molar-refractivity contribution >= 4 is 10.0 Å². The van der Waals surface area contributed by atoms with Crippen LogP contribution < -0.4 is 9.46 Å². The van der Waals surface area contributed by atoms with Crippen molar-refractivity contribution in [2.45, 2.75) is 30.3 Å². The van der Waals surface area contributed by atoms with Gasteiger partial charge in [-0.3, -0.25) is 4.90 Å². The van der Waals surface area contributed by atoms with Crippen LogP contribution in [0.4, 0.5) is 0 Å². The Balaban J connectivity index is 1.41. The van der Waals surface area contributed by atoms with Crippen LogP contribution in [0.5, 0.6) is 5.75 Å². The minimum Gasteiger partial charge on any atom is -0.495 e. The number of rotatable bonds is 7. The lowest BCUT2D eigenvalue weighted by Crippen LogP contribution is -2.44. The van der Waals surface area contributed by atoms with Gasteiger partial charge in [-0.2, -0.15) is 0 Å². The molecule has 3 aromatic rings. The monoisotopic (exact) mass is 427 g/mol. The lowest BCUT2D eigenvalue weighted by atomic mass is 10.1. The number of nitrogens with zero attached hydrogens (tertiary/aromatic N) is 2. The van der Waals surface area contributed by atoms with Crippen molar-refractivity contribution < 1.29 is 17.7 Å². The number of methoxy groups -OCH3 is 1. The lowest BCUT2D eigenvalue weighted by Gasteiger charge is -2.32. The Kier molecular flexibility index (Phi) is 6.17. The smallest absolute Gasteiger partial charge is 0.244 e. The van der Waals surface area contributed by atoms with Crippen LogP contribution in [0.3, 0.4) is 0 Å². The predicted octanol–water partition coefficient (Wildman–Crippen LogP) is 3.29. The van der Waals surface area contributed by atoms with Crippen LogP contribution in [0.15, 0.2) is 70.2 Å².